The lowest BCUT2D eigenvalue weighted by Gasteiger charge is -2.06. The van der Waals surface area contributed by atoms with Gasteiger partial charge < -0.3 is 10.1 Å². The lowest BCUT2D eigenvalue weighted by Crippen LogP contribution is -2.20. The molecule has 1 N–H and O–H groups in total. The largest absolute Gasteiger partial charge is 0.494 e. The summed E-state index contributed by atoms with van der Waals surface area (Å²) in [7, 11) is 0. The molecule has 1 aromatic carbocycles. The van der Waals surface area contributed by atoms with Crippen molar-refractivity contribution in [2.45, 2.75) is 26.2 Å². The summed E-state index contributed by atoms with van der Waals surface area (Å²) in [6.07, 6.45) is 3.75. The van der Waals surface area contributed by atoms with Crippen molar-refractivity contribution in [3.63, 3.8) is 0 Å². The summed E-state index contributed by atoms with van der Waals surface area (Å²) in [4.78, 5) is 21.1. The molecule has 0 spiro atoms. The van der Waals surface area contributed by atoms with E-state index in [-0.39, 0.29) is 5.91 Å². The number of hydrogen-bond donors (Lipinski definition) is 1. The van der Waals surface area contributed by atoms with Crippen LogP contribution in [-0.2, 0) is 4.79 Å². The Bertz CT molecular complexity index is 373. The van der Waals surface area contributed by atoms with Gasteiger partial charge in [-0.15, -0.1) is 0 Å². The van der Waals surface area contributed by atoms with Gasteiger partial charge in [-0.25, -0.2) is 0 Å². The first-order valence-corrected chi connectivity index (χ1v) is 6.15. The molecule has 0 aliphatic heterocycles. The molecule has 0 radical (unpaired) electrons. The zero-order chi connectivity index (χ0) is 13.2. The zero-order valence-electron chi connectivity index (χ0n) is 10.6. The van der Waals surface area contributed by atoms with E-state index in [0.717, 1.165) is 37.8 Å². The topological polar surface area (TPSA) is 55.4 Å². The van der Waals surface area contributed by atoms with Crippen LogP contribution in [0.2, 0.25) is 0 Å². The highest BCUT2D eigenvalue weighted by molar-refractivity contribution is 5.74. The molecule has 1 amide bonds. The minimum atomic E-state index is 0.0153. The van der Waals surface area contributed by atoms with Gasteiger partial charge in [0.05, 0.1) is 6.61 Å². The Morgan fingerprint density at radius 2 is 1.94 bits per heavy atom. The Kier molecular flexibility index (Phi) is 6.54. The van der Waals surface area contributed by atoms with Crippen molar-refractivity contribution in [1.82, 2.24) is 5.32 Å². The number of hydrogen-bond acceptors (Lipinski definition) is 3. The van der Waals surface area contributed by atoms with E-state index in [9.17, 15) is 9.59 Å². The summed E-state index contributed by atoms with van der Waals surface area (Å²) < 4.78 is 5.53. The summed E-state index contributed by atoms with van der Waals surface area (Å²) in [5.41, 5.74) is 0.651. The van der Waals surface area contributed by atoms with E-state index in [1.165, 1.54) is 6.92 Å². The number of nitrogens with one attached hydrogen (secondary N) is 1. The van der Waals surface area contributed by atoms with Crippen LogP contribution in [0.25, 0.3) is 0 Å². The van der Waals surface area contributed by atoms with Crippen molar-refractivity contribution in [2.75, 3.05) is 13.2 Å². The second-order valence-corrected chi connectivity index (χ2v) is 4.08. The van der Waals surface area contributed by atoms with Crippen LogP contribution >= 0.6 is 0 Å². The quantitative estimate of drug-likeness (QED) is 0.567. The van der Waals surface area contributed by atoms with Gasteiger partial charge >= 0.3 is 0 Å². The van der Waals surface area contributed by atoms with E-state index in [0.29, 0.717) is 12.2 Å². The smallest absolute Gasteiger partial charge is 0.216 e. The first-order chi connectivity index (χ1) is 8.72. The highest BCUT2D eigenvalue weighted by Crippen LogP contribution is 2.11. The van der Waals surface area contributed by atoms with Gasteiger partial charge in [0.1, 0.15) is 12.0 Å². The van der Waals surface area contributed by atoms with E-state index in [2.05, 4.69) is 5.32 Å². The van der Waals surface area contributed by atoms with E-state index in [1.54, 1.807) is 24.3 Å². The third-order valence-electron chi connectivity index (χ3n) is 2.48. The molecule has 0 atom stereocenters. The number of aldehydes is 1. The molecule has 1 rings (SSSR count). The van der Waals surface area contributed by atoms with Gasteiger partial charge in [-0.2, -0.15) is 0 Å². The number of rotatable bonds is 8. The molecule has 0 fully saturated rings. The molecular formula is C14H19NO3. The highest BCUT2D eigenvalue weighted by Gasteiger charge is 1.95. The Balaban J connectivity index is 2.06. The number of unbranched alkanes of at least 4 members (excludes halogenated alkanes) is 2. The first-order valence-electron chi connectivity index (χ1n) is 6.15. The standard InChI is InChI=1S/C14H19NO3/c1-12(17)15-9-3-2-4-10-18-14-7-5-13(11-16)6-8-14/h5-8,11H,2-4,9-10H2,1H3,(H,15,17). The fourth-order valence-electron chi connectivity index (χ4n) is 1.50. The average Bonchev–Trinajstić information content (AvgIpc) is 2.38. The van der Waals surface area contributed by atoms with Crippen LogP contribution in [0, 0.1) is 0 Å². The molecule has 18 heavy (non-hydrogen) atoms. The maximum absolute atomic E-state index is 10.6. The van der Waals surface area contributed by atoms with Crippen LogP contribution in [0.5, 0.6) is 5.75 Å². The van der Waals surface area contributed by atoms with Crippen molar-refractivity contribution >= 4 is 12.2 Å². The molecule has 0 heterocycles. The van der Waals surface area contributed by atoms with Crippen LogP contribution < -0.4 is 10.1 Å². The Morgan fingerprint density at radius 3 is 2.56 bits per heavy atom. The fraction of sp³-hybridized carbons (Fsp3) is 0.429. The lowest BCUT2D eigenvalue weighted by atomic mass is 10.2. The summed E-state index contributed by atoms with van der Waals surface area (Å²) >= 11 is 0. The van der Waals surface area contributed by atoms with Crippen LogP contribution in [0.4, 0.5) is 0 Å². The molecule has 98 valence electrons. The van der Waals surface area contributed by atoms with Gasteiger partial charge in [0.2, 0.25) is 5.91 Å². The first kappa shape index (κ1) is 14.2. The number of ether oxygens (including phenoxy) is 1. The van der Waals surface area contributed by atoms with E-state index in [4.69, 9.17) is 4.74 Å². The zero-order valence-corrected chi connectivity index (χ0v) is 10.6. The summed E-state index contributed by atoms with van der Waals surface area (Å²) in [5, 5.41) is 2.75. The summed E-state index contributed by atoms with van der Waals surface area (Å²) in [6.45, 7) is 2.90. The van der Waals surface area contributed by atoms with Crippen LogP contribution in [0.3, 0.4) is 0 Å². The molecule has 0 aliphatic carbocycles. The Hall–Kier alpha value is -1.84. The molecule has 1 aromatic rings. The fourth-order valence-corrected chi connectivity index (χ4v) is 1.50. The molecule has 0 bridgehead atoms. The molecule has 0 unspecified atom stereocenters. The Morgan fingerprint density at radius 1 is 1.22 bits per heavy atom. The van der Waals surface area contributed by atoms with Crippen molar-refractivity contribution in [2.24, 2.45) is 0 Å². The van der Waals surface area contributed by atoms with E-state index < -0.39 is 0 Å². The van der Waals surface area contributed by atoms with Crippen LogP contribution in [0.15, 0.2) is 24.3 Å². The summed E-state index contributed by atoms with van der Waals surface area (Å²) in [5.74, 6) is 0.795. The predicted molar refractivity (Wildman–Crippen MR) is 69.9 cm³/mol. The third-order valence-corrected chi connectivity index (χ3v) is 2.48. The number of amides is 1. The minimum Gasteiger partial charge on any atom is -0.494 e. The molecule has 0 aliphatic rings. The molecule has 0 saturated heterocycles. The van der Waals surface area contributed by atoms with Crippen molar-refractivity contribution in [3.8, 4) is 5.75 Å². The van der Waals surface area contributed by atoms with Crippen LogP contribution in [0.1, 0.15) is 36.5 Å². The lowest BCUT2D eigenvalue weighted by molar-refractivity contribution is -0.118. The van der Waals surface area contributed by atoms with E-state index >= 15 is 0 Å². The monoisotopic (exact) mass is 249 g/mol. The van der Waals surface area contributed by atoms with Gasteiger partial charge in [-0.1, -0.05) is 0 Å². The van der Waals surface area contributed by atoms with Gasteiger partial charge in [-0.05, 0) is 43.5 Å². The molecular weight excluding hydrogens is 230 g/mol. The second-order valence-electron chi connectivity index (χ2n) is 4.08. The second kappa shape index (κ2) is 8.28. The number of carbonyl (C=O) groups excluding carboxylic acids is 2. The summed E-state index contributed by atoms with van der Waals surface area (Å²) in [6, 6.07) is 7.06. The Labute approximate surface area is 107 Å². The number of benzene rings is 1. The van der Waals surface area contributed by atoms with Crippen molar-refractivity contribution in [3.05, 3.63) is 29.8 Å². The van der Waals surface area contributed by atoms with Gasteiger partial charge in [0.25, 0.3) is 0 Å². The normalized spacial score (nSPS) is 9.83. The van der Waals surface area contributed by atoms with Gasteiger partial charge in [-0.3, -0.25) is 9.59 Å². The highest BCUT2D eigenvalue weighted by atomic mass is 16.5. The van der Waals surface area contributed by atoms with E-state index in [1.807, 2.05) is 0 Å². The molecule has 4 nitrogen and oxygen atoms in total. The maximum Gasteiger partial charge on any atom is 0.216 e. The maximum atomic E-state index is 10.6. The van der Waals surface area contributed by atoms with Gasteiger partial charge in [0, 0.05) is 19.0 Å². The molecule has 0 saturated carbocycles. The number of carbonyl (C=O) groups is 2. The van der Waals surface area contributed by atoms with Crippen molar-refractivity contribution in [1.29, 1.82) is 0 Å². The minimum absolute atomic E-state index is 0.0153. The third kappa shape index (κ3) is 6.03. The van der Waals surface area contributed by atoms with Crippen molar-refractivity contribution < 1.29 is 14.3 Å². The average molecular weight is 249 g/mol. The SMILES string of the molecule is CC(=O)NCCCCCOc1ccc(C=O)cc1. The molecule has 0 aromatic heterocycles. The van der Waals surface area contributed by atoms with Crippen LogP contribution in [-0.4, -0.2) is 25.3 Å². The predicted octanol–water partition coefficient (Wildman–Crippen LogP) is 2.18. The molecule has 4 heteroatoms. The van der Waals surface area contributed by atoms with Gasteiger partial charge in [0.15, 0.2) is 0 Å².